The Labute approximate surface area is 112 Å². The minimum Gasteiger partial charge on any atom is -0.281 e. The zero-order valence-corrected chi connectivity index (χ0v) is 10.8. The van der Waals surface area contributed by atoms with Crippen molar-refractivity contribution in [3.8, 4) is 18.5 Å². The first kappa shape index (κ1) is 14.1. The molecule has 1 N–H and O–H groups in total. The molecule has 0 aliphatic heterocycles. The number of aliphatic imine (C=N–C) groups is 1. The van der Waals surface area contributed by atoms with Crippen molar-refractivity contribution in [2.75, 3.05) is 12.3 Å². The van der Waals surface area contributed by atoms with Crippen LogP contribution in [0.15, 0.2) is 29.4 Å². The van der Waals surface area contributed by atoms with E-state index >= 15 is 0 Å². The Hall–Kier alpha value is -1.98. The van der Waals surface area contributed by atoms with E-state index < -0.39 is 0 Å². The van der Waals surface area contributed by atoms with E-state index in [1.807, 2.05) is 24.4 Å². The molecule has 0 saturated carbocycles. The predicted octanol–water partition coefficient (Wildman–Crippen LogP) is 1.81. The van der Waals surface area contributed by atoms with Gasteiger partial charge < -0.3 is 0 Å². The van der Waals surface area contributed by atoms with Crippen LogP contribution in [0, 0.1) is 23.8 Å². The summed E-state index contributed by atoms with van der Waals surface area (Å²) in [5.74, 6) is 4.79. The molecule has 0 unspecified atom stereocenters. The highest BCUT2D eigenvalue weighted by molar-refractivity contribution is 7.98. The number of amidine groups is 1. The van der Waals surface area contributed by atoms with Gasteiger partial charge in [-0.15, -0.1) is 6.42 Å². The molecule has 1 heterocycles. The van der Waals surface area contributed by atoms with Gasteiger partial charge in [-0.2, -0.15) is 17.0 Å². The van der Waals surface area contributed by atoms with E-state index in [1.165, 1.54) is 0 Å². The highest BCUT2D eigenvalue weighted by Crippen LogP contribution is 2.10. The number of nitrogens with zero attached hydrogens (tertiary/aromatic N) is 3. The van der Waals surface area contributed by atoms with Gasteiger partial charge in [0.2, 0.25) is 0 Å². The van der Waals surface area contributed by atoms with Crippen LogP contribution in [-0.2, 0) is 5.75 Å². The Balaban J connectivity index is 2.27. The monoisotopic (exact) mass is 258 g/mol. The van der Waals surface area contributed by atoms with Crippen molar-refractivity contribution in [2.45, 2.75) is 12.2 Å². The second-order valence-corrected chi connectivity index (χ2v) is 4.43. The number of thioether (sulfide) groups is 1. The summed E-state index contributed by atoms with van der Waals surface area (Å²) in [4.78, 5) is 8.33. The maximum absolute atomic E-state index is 8.56. The highest BCUT2D eigenvalue weighted by atomic mass is 32.2. The third kappa shape index (κ3) is 5.93. The summed E-state index contributed by atoms with van der Waals surface area (Å²) in [6.45, 7) is 0.301. The maximum Gasteiger partial charge on any atom is 0.182 e. The van der Waals surface area contributed by atoms with Crippen molar-refractivity contribution >= 4 is 17.6 Å². The number of terminal acetylenes is 1. The molecule has 0 saturated heterocycles. The Morgan fingerprint density at radius 3 is 3.11 bits per heavy atom. The van der Waals surface area contributed by atoms with Crippen LogP contribution < -0.4 is 5.32 Å². The molecule has 0 aromatic carbocycles. The Kier molecular flexibility index (Phi) is 7.11. The van der Waals surface area contributed by atoms with Crippen LogP contribution in [0.25, 0.3) is 0 Å². The van der Waals surface area contributed by atoms with Crippen LogP contribution in [0.1, 0.15) is 12.1 Å². The van der Waals surface area contributed by atoms with Gasteiger partial charge in [-0.3, -0.25) is 15.3 Å². The van der Waals surface area contributed by atoms with E-state index in [0.29, 0.717) is 18.8 Å². The topological polar surface area (TPSA) is 61.1 Å². The van der Waals surface area contributed by atoms with E-state index in [-0.39, 0.29) is 0 Å². The van der Waals surface area contributed by atoms with Gasteiger partial charge in [-0.1, -0.05) is 12.0 Å². The fraction of sp³-hybridized carbons (Fsp3) is 0.308. The summed E-state index contributed by atoms with van der Waals surface area (Å²) in [7, 11) is 0. The zero-order chi connectivity index (χ0) is 13.1. The first-order valence-electron chi connectivity index (χ1n) is 5.46. The van der Waals surface area contributed by atoms with Crippen LogP contribution >= 0.6 is 11.8 Å². The predicted molar refractivity (Wildman–Crippen MR) is 74.9 cm³/mol. The van der Waals surface area contributed by atoms with Crippen molar-refractivity contribution in [1.29, 1.82) is 5.26 Å². The van der Waals surface area contributed by atoms with E-state index in [4.69, 9.17) is 11.7 Å². The van der Waals surface area contributed by atoms with Crippen LogP contribution in [0.4, 0.5) is 0 Å². The van der Waals surface area contributed by atoms with E-state index in [0.717, 1.165) is 17.2 Å². The quantitative estimate of drug-likeness (QED) is 0.211. The third-order valence-corrected chi connectivity index (χ3v) is 3.01. The van der Waals surface area contributed by atoms with Gasteiger partial charge in [0.1, 0.15) is 12.4 Å². The van der Waals surface area contributed by atoms with Gasteiger partial charge in [0.15, 0.2) is 6.19 Å². The average Bonchev–Trinajstić information content (AvgIpc) is 2.42. The van der Waals surface area contributed by atoms with Crippen molar-refractivity contribution in [3.63, 3.8) is 0 Å². The summed E-state index contributed by atoms with van der Waals surface area (Å²) >= 11 is 1.75. The molecule has 1 aromatic heterocycles. The molecular formula is C13H14N4S. The molecule has 4 nitrogen and oxygen atoms in total. The van der Waals surface area contributed by atoms with Crippen LogP contribution in [0.2, 0.25) is 0 Å². The lowest BCUT2D eigenvalue weighted by Gasteiger charge is -2.03. The summed E-state index contributed by atoms with van der Waals surface area (Å²) in [5, 5.41) is 11.1. The van der Waals surface area contributed by atoms with Crippen LogP contribution in [0.3, 0.4) is 0 Å². The van der Waals surface area contributed by atoms with Gasteiger partial charge in [-0.25, -0.2) is 0 Å². The molecule has 0 radical (unpaired) electrons. The molecule has 0 aliphatic carbocycles. The summed E-state index contributed by atoms with van der Waals surface area (Å²) in [5.41, 5.74) is 1.05. The van der Waals surface area contributed by atoms with Crippen molar-refractivity contribution in [3.05, 3.63) is 30.1 Å². The lowest BCUT2D eigenvalue weighted by Crippen LogP contribution is -2.18. The van der Waals surface area contributed by atoms with Crippen LogP contribution in [0.5, 0.6) is 0 Å². The minimum atomic E-state index is 0.301. The fourth-order valence-electron chi connectivity index (χ4n) is 1.22. The molecule has 0 aliphatic rings. The first-order valence-corrected chi connectivity index (χ1v) is 6.62. The van der Waals surface area contributed by atoms with Gasteiger partial charge in [-0.05, 0) is 12.1 Å². The number of rotatable bonds is 6. The van der Waals surface area contributed by atoms with Crippen molar-refractivity contribution < 1.29 is 0 Å². The lowest BCUT2D eigenvalue weighted by molar-refractivity contribution is 1.10. The Morgan fingerprint density at radius 2 is 2.44 bits per heavy atom. The largest absolute Gasteiger partial charge is 0.281 e. The van der Waals surface area contributed by atoms with Gasteiger partial charge in [0.05, 0.1) is 5.69 Å². The first-order chi connectivity index (χ1) is 8.86. The standard InChI is InChI=1S/C13H14N4S/c1-2-7-16-13(17-11-14)6-9-18-10-12-5-3-4-8-15-12/h1,3-5,8H,6-7,9-10H2,(H,16,17). The third-order valence-electron chi connectivity index (χ3n) is 2.02. The molecule has 0 bridgehead atoms. The molecule has 0 atom stereocenters. The SMILES string of the molecule is C#CC/N=C(/CCSCc1ccccn1)NC#N. The van der Waals surface area contributed by atoms with E-state index in [2.05, 4.69) is 21.2 Å². The molecule has 1 rings (SSSR count). The number of hydrogen-bond acceptors (Lipinski definition) is 4. The van der Waals surface area contributed by atoms with E-state index in [9.17, 15) is 0 Å². The number of nitrogens with one attached hydrogen (secondary N) is 1. The van der Waals surface area contributed by atoms with Gasteiger partial charge in [0, 0.05) is 24.1 Å². The molecule has 0 amide bonds. The molecule has 0 spiro atoms. The normalized spacial score (nSPS) is 10.4. The summed E-state index contributed by atoms with van der Waals surface area (Å²) in [6.07, 6.45) is 9.47. The van der Waals surface area contributed by atoms with Gasteiger partial charge in [0.25, 0.3) is 0 Å². The number of pyridine rings is 1. The number of nitriles is 1. The molecule has 0 fully saturated rings. The fourth-order valence-corrected chi connectivity index (χ4v) is 2.08. The van der Waals surface area contributed by atoms with E-state index in [1.54, 1.807) is 18.0 Å². The molecule has 5 heteroatoms. The highest BCUT2D eigenvalue weighted by Gasteiger charge is 1.99. The Morgan fingerprint density at radius 1 is 1.56 bits per heavy atom. The number of hydrogen-bond donors (Lipinski definition) is 1. The maximum atomic E-state index is 8.56. The number of aromatic nitrogens is 1. The lowest BCUT2D eigenvalue weighted by atomic mass is 10.4. The molecular weight excluding hydrogens is 244 g/mol. The Bertz CT molecular complexity index is 456. The molecule has 18 heavy (non-hydrogen) atoms. The average molecular weight is 258 g/mol. The summed E-state index contributed by atoms with van der Waals surface area (Å²) < 4.78 is 0. The van der Waals surface area contributed by atoms with Crippen LogP contribution in [-0.4, -0.2) is 23.1 Å². The van der Waals surface area contributed by atoms with Crippen molar-refractivity contribution in [1.82, 2.24) is 10.3 Å². The summed E-state index contributed by atoms with van der Waals surface area (Å²) in [6, 6.07) is 5.86. The second kappa shape index (κ2) is 9.09. The molecule has 1 aromatic rings. The molecule has 92 valence electrons. The smallest absolute Gasteiger partial charge is 0.182 e. The zero-order valence-electron chi connectivity index (χ0n) is 9.97. The minimum absolute atomic E-state index is 0.301. The van der Waals surface area contributed by atoms with Gasteiger partial charge >= 0.3 is 0 Å². The van der Waals surface area contributed by atoms with Crippen molar-refractivity contribution in [2.24, 2.45) is 4.99 Å². The second-order valence-electron chi connectivity index (χ2n) is 3.33.